The van der Waals surface area contributed by atoms with Crippen LogP contribution in [0.15, 0.2) is 34.8 Å². The van der Waals surface area contributed by atoms with E-state index < -0.39 is 0 Å². The van der Waals surface area contributed by atoms with E-state index in [0.29, 0.717) is 5.56 Å². The number of nitriles is 1. The van der Waals surface area contributed by atoms with Crippen LogP contribution in [0.1, 0.15) is 5.56 Å². The predicted molar refractivity (Wildman–Crippen MR) is 76.8 cm³/mol. The van der Waals surface area contributed by atoms with Gasteiger partial charge in [0.2, 0.25) is 0 Å². The maximum atomic E-state index is 8.89. The van der Waals surface area contributed by atoms with Gasteiger partial charge in [0.1, 0.15) is 0 Å². The van der Waals surface area contributed by atoms with E-state index in [1.807, 2.05) is 30.3 Å². The van der Waals surface area contributed by atoms with Crippen LogP contribution >= 0.6 is 38.9 Å². The summed E-state index contributed by atoms with van der Waals surface area (Å²) in [7, 11) is 0. The van der Waals surface area contributed by atoms with Crippen LogP contribution in [0.25, 0.3) is 20.2 Å². The topological polar surface area (TPSA) is 23.8 Å². The SMILES string of the molecule is N#Cc1ccc2c(c1)sc1cc(Cl)cc(Br)c12. The van der Waals surface area contributed by atoms with Crippen LogP contribution in [0.2, 0.25) is 5.02 Å². The van der Waals surface area contributed by atoms with E-state index in [4.69, 9.17) is 16.9 Å². The first kappa shape index (κ1) is 11.0. The molecule has 1 aromatic heterocycles. The van der Waals surface area contributed by atoms with Gasteiger partial charge >= 0.3 is 0 Å². The van der Waals surface area contributed by atoms with E-state index in [0.717, 1.165) is 24.3 Å². The Morgan fingerprint density at radius 1 is 1.18 bits per heavy atom. The molecule has 0 atom stereocenters. The normalized spacial score (nSPS) is 10.9. The van der Waals surface area contributed by atoms with Crippen molar-refractivity contribution < 1.29 is 0 Å². The first-order valence-electron chi connectivity index (χ1n) is 4.90. The largest absolute Gasteiger partial charge is 0.192 e. The zero-order valence-corrected chi connectivity index (χ0v) is 11.7. The van der Waals surface area contributed by atoms with Crippen molar-refractivity contribution in [1.29, 1.82) is 5.26 Å². The number of hydrogen-bond donors (Lipinski definition) is 0. The number of thiophene rings is 1. The van der Waals surface area contributed by atoms with E-state index in [1.54, 1.807) is 11.3 Å². The van der Waals surface area contributed by atoms with Crippen molar-refractivity contribution in [3.05, 3.63) is 45.4 Å². The van der Waals surface area contributed by atoms with Crippen molar-refractivity contribution in [3.8, 4) is 6.07 Å². The minimum atomic E-state index is 0.686. The fourth-order valence-electron chi connectivity index (χ4n) is 1.89. The van der Waals surface area contributed by atoms with Crippen molar-refractivity contribution in [2.75, 3.05) is 0 Å². The zero-order valence-electron chi connectivity index (χ0n) is 8.50. The molecule has 0 unspecified atom stereocenters. The van der Waals surface area contributed by atoms with Crippen molar-refractivity contribution in [2.45, 2.75) is 0 Å². The average Bonchev–Trinajstić information content (AvgIpc) is 2.65. The summed E-state index contributed by atoms with van der Waals surface area (Å²) in [5, 5.41) is 11.9. The van der Waals surface area contributed by atoms with Crippen molar-refractivity contribution in [2.24, 2.45) is 0 Å². The lowest BCUT2D eigenvalue weighted by atomic mass is 10.1. The summed E-state index contributed by atoms with van der Waals surface area (Å²) >= 11 is 11.2. The monoisotopic (exact) mass is 321 g/mol. The molecule has 0 saturated carbocycles. The van der Waals surface area contributed by atoms with E-state index in [-0.39, 0.29) is 0 Å². The van der Waals surface area contributed by atoms with Crippen LogP contribution in [0.5, 0.6) is 0 Å². The Morgan fingerprint density at radius 2 is 2.00 bits per heavy atom. The maximum Gasteiger partial charge on any atom is 0.0992 e. The smallest absolute Gasteiger partial charge is 0.0992 e. The zero-order chi connectivity index (χ0) is 12.0. The van der Waals surface area contributed by atoms with Crippen LogP contribution in [0, 0.1) is 11.3 Å². The summed E-state index contributed by atoms with van der Waals surface area (Å²) in [4.78, 5) is 0. The van der Waals surface area contributed by atoms with Crippen molar-refractivity contribution >= 4 is 59.0 Å². The Kier molecular flexibility index (Phi) is 2.59. The Morgan fingerprint density at radius 3 is 2.76 bits per heavy atom. The fraction of sp³-hybridized carbons (Fsp3) is 0. The summed E-state index contributed by atoms with van der Waals surface area (Å²) in [6, 6.07) is 11.8. The number of nitrogens with zero attached hydrogens (tertiary/aromatic N) is 1. The van der Waals surface area contributed by atoms with Gasteiger partial charge in [0.05, 0.1) is 11.6 Å². The van der Waals surface area contributed by atoms with Gasteiger partial charge < -0.3 is 0 Å². The fourth-order valence-corrected chi connectivity index (χ4v) is 4.32. The Balaban J connectivity index is 2.51. The summed E-state index contributed by atoms with van der Waals surface area (Å²) in [5.74, 6) is 0. The van der Waals surface area contributed by atoms with Crippen molar-refractivity contribution in [3.63, 3.8) is 0 Å². The average molecular weight is 323 g/mol. The molecule has 1 heterocycles. The highest BCUT2D eigenvalue weighted by molar-refractivity contribution is 9.10. The molecule has 0 aliphatic rings. The number of benzene rings is 2. The van der Waals surface area contributed by atoms with Gasteiger partial charge in [-0.25, -0.2) is 0 Å². The van der Waals surface area contributed by atoms with E-state index in [9.17, 15) is 0 Å². The first-order chi connectivity index (χ1) is 8.19. The highest BCUT2D eigenvalue weighted by Gasteiger charge is 2.09. The van der Waals surface area contributed by atoms with Gasteiger partial charge in [-0.15, -0.1) is 11.3 Å². The minimum absolute atomic E-state index is 0.686. The molecule has 3 aromatic rings. The predicted octanol–water partition coefficient (Wildman–Crippen LogP) is 5.34. The van der Waals surface area contributed by atoms with Crippen LogP contribution in [-0.2, 0) is 0 Å². The summed E-state index contributed by atoms with van der Waals surface area (Å²) < 4.78 is 3.24. The molecule has 0 fully saturated rings. The van der Waals surface area contributed by atoms with Crippen LogP contribution in [0.4, 0.5) is 0 Å². The van der Waals surface area contributed by atoms with E-state index in [1.165, 1.54) is 5.39 Å². The molecule has 0 spiro atoms. The third kappa shape index (κ3) is 1.73. The Labute approximate surface area is 115 Å². The van der Waals surface area contributed by atoms with Gasteiger partial charge in [-0.3, -0.25) is 0 Å². The summed E-state index contributed by atoms with van der Waals surface area (Å²) in [6.07, 6.45) is 0. The molecular formula is C13H5BrClNS. The molecule has 0 aliphatic carbocycles. The van der Waals surface area contributed by atoms with Gasteiger partial charge in [-0.1, -0.05) is 33.6 Å². The second kappa shape index (κ2) is 3.99. The third-order valence-electron chi connectivity index (χ3n) is 2.62. The lowest BCUT2D eigenvalue weighted by molar-refractivity contribution is 1.50. The van der Waals surface area contributed by atoms with Crippen LogP contribution in [-0.4, -0.2) is 0 Å². The van der Waals surface area contributed by atoms with Crippen LogP contribution < -0.4 is 0 Å². The maximum absolute atomic E-state index is 8.89. The highest BCUT2D eigenvalue weighted by Crippen LogP contribution is 2.40. The second-order valence-electron chi connectivity index (χ2n) is 3.69. The third-order valence-corrected chi connectivity index (χ3v) is 4.56. The number of fused-ring (bicyclic) bond motifs is 3. The Bertz CT molecular complexity index is 785. The molecule has 0 radical (unpaired) electrons. The molecular weight excluding hydrogens is 318 g/mol. The molecule has 0 aliphatic heterocycles. The number of rotatable bonds is 0. The van der Waals surface area contributed by atoms with Crippen molar-refractivity contribution in [1.82, 2.24) is 0 Å². The molecule has 1 nitrogen and oxygen atoms in total. The molecule has 2 aromatic carbocycles. The molecule has 17 heavy (non-hydrogen) atoms. The van der Waals surface area contributed by atoms with E-state index >= 15 is 0 Å². The second-order valence-corrected chi connectivity index (χ2v) is 6.06. The van der Waals surface area contributed by atoms with Gasteiger partial charge in [0.25, 0.3) is 0 Å². The molecule has 82 valence electrons. The van der Waals surface area contributed by atoms with E-state index in [2.05, 4.69) is 22.0 Å². The van der Waals surface area contributed by atoms with Gasteiger partial charge in [-0.05, 0) is 24.3 Å². The highest BCUT2D eigenvalue weighted by atomic mass is 79.9. The number of halogens is 2. The molecule has 0 amide bonds. The lowest BCUT2D eigenvalue weighted by Gasteiger charge is -1.97. The first-order valence-corrected chi connectivity index (χ1v) is 6.89. The molecule has 0 N–H and O–H groups in total. The van der Waals surface area contributed by atoms with Gasteiger partial charge in [0, 0.05) is 29.7 Å². The standard InChI is InChI=1S/C13H5BrClNS/c14-10-4-8(15)5-12-13(10)9-2-1-7(6-16)3-11(9)17-12/h1-5H. The minimum Gasteiger partial charge on any atom is -0.192 e. The summed E-state index contributed by atoms with van der Waals surface area (Å²) in [6.45, 7) is 0. The van der Waals surface area contributed by atoms with Crippen LogP contribution in [0.3, 0.4) is 0 Å². The van der Waals surface area contributed by atoms with Gasteiger partial charge in [0.15, 0.2) is 0 Å². The molecule has 0 saturated heterocycles. The molecule has 3 rings (SSSR count). The van der Waals surface area contributed by atoms with Gasteiger partial charge in [-0.2, -0.15) is 5.26 Å². The number of hydrogen-bond acceptors (Lipinski definition) is 2. The molecule has 0 bridgehead atoms. The lowest BCUT2D eigenvalue weighted by Crippen LogP contribution is -1.73. The quantitative estimate of drug-likeness (QED) is 0.548. The molecule has 4 heteroatoms. The summed E-state index contributed by atoms with van der Waals surface area (Å²) in [5.41, 5.74) is 0.686. The Hall–Kier alpha value is -1.08.